The first kappa shape index (κ1) is 11.6. The number of amides is 1. The summed E-state index contributed by atoms with van der Waals surface area (Å²) in [5, 5.41) is 6.42. The highest BCUT2D eigenvalue weighted by Crippen LogP contribution is 2.01. The zero-order valence-corrected chi connectivity index (χ0v) is 9.10. The van der Waals surface area contributed by atoms with E-state index in [1.54, 1.807) is 11.9 Å². The van der Waals surface area contributed by atoms with Crippen molar-refractivity contribution < 1.29 is 4.79 Å². The van der Waals surface area contributed by atoms with Crippen LogP contribution in [0.4, 0.5) is 0 Å². The number of hydrogen-bond acceptors (Lipinski definition) is 4. The molecule has 1 heterocycles. The Morgan fingerprint density at radius 1 is 1.73 bits per heavy atom. The zero-order valence-electron chi connectivity index (χ0n) is 9.10. The van der Waals surface area contributed by atoms with Crippen LogP contribution in [0, 0.1) is 0 Å². The molecule has 0 fully saturated rings. The Morgan fingerprint density at radius 3 is 3.00 bits per heavy atom. The van der Waals surface area contributed by atoms with E-state index < -0.39 is 0 Å². The molecule has 0 radical (unpaired) electrons. The van der Waals surface area contributed by atoms with E-state index in [-0.39, 0.29) is 11.9 Å². The number of carbonyl (C=O) groups excluding carboxylic acids is 1. The molecule has 1 rings (SSSR count). The second-order valence-corrected chi connectivity index (χ2v) is 3.70. The molecular formula is C9H17N5O. The minimum absolute atomic E-state index is 0.0626. The monoisotopic (exact) mass is 211 g/mol. The fourth-order valence-corrected chi connectivity index (χ4v) is 1.16. The first-order valence-electron chi connectivity index (χ1n) is 4.93. The summed E-state index contributed by atoms with van der Waals surface area (Å²) in [7, 11) is 1.74. The lowest BCUT2D eigenvalue weighted by atomic mass is 10.2. The second-order valence-electron chi connectivity index (χ2n) is 3.70. The van der Waals surface area contributed by atoms with Crippen molar-refractivity contribution in [2.45, 2.75) is 32.4 Å². The predicted octanol–water partition coefficient (Wildman–Crippen LogP) is -0.109. The van der Waals surface area contributed by atoms with Crippen LogP contribution in [-0.2, 0) is 11.3 Å². The van der Waals surface area contributed by atoms with E-state index in [0.29, 0.717) is 25.2 Å². The highest BCUT2D eigenvalue weighted by molar-refractivity contribution is 5.75. The summed E-state index contributed by atoms with van der Waals surface area (Å²) >= 11 is 0. The molecule has 1 aromatic heterocycles. The number of nitrogens with two attached hydrogens (primary N) is 1. The maximum Gasteiger partial charge on any atom is 0.222 e. The van der Waals surface area contributed by atoms with Crippen LogP contribution in [0.25, 0.3) is 0 Å². The van der Waals surface area contributed by atoms with Crippen LogP contribution in [0.3, 0.4) is 0 Å². The summed E-state index contributed by atoms with van der Waals surface area (Å²) < 4.78 is 0. The molecule has 0 bridgehead atoms. The molecule has 0 aliphatic heterocycles. The van der Waals surface area contributed by atoms with Crippen LogP contribution in [0.2, 0.25) is 0 Å². The third-order valence-corrected chi connectivity index (χ3v) is 2.09. The molecule has 0 saturated heterocycles. The molecule has 0 aliphatic rings. The molecule has 1 atom stereocenters. The Balaban J connectivity index is 2.33. The second kappa shape index (κ2) is 5.45. The number of carbonyl (C=O) groups is 1. The third-order valence-electron chi connectivity index (χ3n) is 2.09. The molecule has 3 N–H and O–H groups in total. The first-order chi connectivity index (χ1) is 7.09. The number of aromatic nitrogens is 3. The molecule has 84 valence electrons. The fourth-order valence-electron chi connectivity index (χ4n) is 1.16. The van der Waals surface area contributed by atoms with Crippen molar-refractivity contribution in [2.75, 3.05) is 7.05 Å². The molecule has 6 heteroatoms. The molecule has 1 amide bonds. The normalized spacial score (nSPS) is 12.5. The molecule has 1 unspecified atom stereocenters. The lowest BCUT2D eigenvalue weighted by Crippen LogP contribution is -2.28. The Kier molecular flexibility index (Phi) is 4.23. The maximum atomic E-state index is 11.6. The van der Waals surface area contributed by atoms with Crippen molar-refractivity contribution >= 4 is 5.91 Å². The quantitative estimate of drug-likeness (QED) is 0.711. The Morgan fingerprint density at radius 2 is 2.47 bits per heavy atom. The third kappa shape index (κ3) is 4.07. The molecule has 0 aromatic carbocycles. The van der Waals surface area contributed by atoms with Crippen LogP contribution in [0.1, 0.15) is 25.6 Å². The van der Waals surface area contributed by atoms with Crippen LogP contribution >= 0.6 is 0 Å². The van der Waals surface area contributed by atoms with Crippen molar-refractivity contribution in [3.05, 3.63) is 12.2 Å². The lowest BCUT2D eigenvalue weighted by molar-refractivity contribution is -0.130. The summed E-state index contributed by atoms with van der Waals surface area (Å²) in [6.07, 6.45) is 2.61. The number of nitrogens with one attached hydrogen (secondary N) is 1. The van der Waals surface area contributed by atoms with Crippen LogP contribution < -0.4 is 5.73 Å². The van der Waals surface area contributed by atoms with Gasteiger partial charge in [-0.25, -0.2) is 4.98 Å². The van der Waals surface area contributed by atoms with Gasteiger partial charge in [-0.2, -0.15) is 5.10 Å². The predicted molar refractivity (Wildman–Crippen MR) is 55.7 cm³/mol. The van der Waals surface area contributed by atoms with Gasteiger partial charge in [0.25, 0.3) is 0 Å². The van der Waals surface area contributed by atoms with Crippen LogP contribution in [-0.4, -0.2) is 39.1 Å². The SMILES string of the molecule is CC(N)CCC(=O)N(C)Cc1ncn[nH]1. The van der Waals surface area contributed by atoms with Gasteiger partial charge in [0, 0.05) is 19.5 Å². The van der Waals surface area contributed by atoms with Crippen molar-refractivity contribution in [1.29, 1.82) is 0 Å². The van der Waals surface area contributed by atoms with Crippen molar-refractivity contribution in [3.63, 3.8) is 0 Å². The minimum Gasteiger partial charge on any atom is -0.338 e. The largest absolute Gasteiger partial charge is 0.338 e. The average Bonchev–Trinajstić information content (AvgIpc) is 2.66. The molecule has 6 nitrogen and oxygen atoms in total. The molecule has 0 spiro atoms. The van der Waals surface area contributed by atoms with Gasteiger partial charge in [-0.3, -0.25) is 9.89 Å². The average molecular weight is 211 g/mol. The van der Waals surface area contributed by atoms with Gasteiger partial charge in [0.15, 0.2) is 0 Å². The standard InChI is InChI=1S/C9H17N5O/c1-7(10)3-4-9(15)14(2)5-8-11-6-12-13-8/h6-7H,3-5,10H2,1-2H3,(H,11,12,13). The van der Waals surface area contributed by atoms with E-state index in [9.17, 15) is 4.79 Å². The number of rotatable bonds is 5. The van der Waals surface area contributed by atoms with Gasteiger partial charge in [-0.15, -0.1) is 0 Å². The van der Waals surface area contributed by atoms with Gasteiger partial charge < -0.3 is 10.6 Å². The maximum absolute atomic E-state index is 11.6. The summed E-state index contributed by atoms with van der Waals surface area (Å²) in [4.78, 5) is 17.1. The Bertz CT molecular complexity index is 295. The smallest absolute Gasteiger partial charge is 0.222 e. The van der Waals surface area contributed by atoms with Crippen molar-refractivity contribution in [3.8, 4) is 0 Å². The molecule has 15 heavy (non-hydrogen) atoms. The van der Waals surface area contributed by atoms with Crippen molar-refractivity contribution in [2.24, 2.45) is 5.73 Å². The summed E-state index contributed by atoms with van der Waals surface area (Å²) in [6, 6.07) is 0.0626. The Hall–Kier alpha value is -1.43. The van der Waals surface area contributed by atoms with E-state index in [2.05, 4.69) is 15.2 Å². The highest BCUT2D eigenvalue weighted by atomic mass is 16.2. The van der Waals surface area contributed by atoms with Gasteiger partial charge >= 0.3 is 0 Å². The van der Waals surface area contributed by atoms with Gasteiger partial charge in [0.1, 0.15) is 12.2 Å². The highest BCUT2D eigenvalue weighted by Gasteiger charge is 2.10. The van der Waals surface area contributed by atoms with Gasteiger partial charge in [0.2, 0.25) is 5.91 Å². The van der Waals surface area contributed by atoms with E-state index in [4.69, 9.17) is 5.73 Å². The fraction of sp³-hybridized carbons (Fsp3) is 0.667. The number of aromatic amines is 1. The summed E-state index contributed by atoms with van der Waals surface area (Å²) in [5.74, 6) is 0.760. The van der Waals surface area contributed by atoms with E-state index in [1.165, 1.54) is 6.33 Å². The van der Waals surface area contributed by atoms with E-state index in [1.807, 2.05) is 6.92 Å². The summed E-state index contributed by atoms with van der Waals surface area (Å²) in [6.45, 7) is 2.35. The number of hydrogen-bond donors (Lipinski definition) is 2. The van der Waals surface area contributed by atoms with Gasteiger partial charge in [-0.05, 0) is 13.3 Å². The molecule has 0 aliphatic carbocycles. The van der Waals surface area contributed by atoms with Crippen molar-refractivity contribution in [1.82, 2.24) is 20.1 Å². The molecular weight excluding hydrogens is 194 g/mol. The van der Waals surface area contributed by atoms with Crippen LogP contribution in [0.5, 0.6) is 0 Å². The minimum atomic E-state index is 0.0626. The lowest BCUT2D eigenvalue weighted by Gasteiger charge is -2.15. The van der Waals surface area contributed by atoms with E-state index >= 15 is 0 Å². The Labute approximate surface area is 88.9 Å². The van der Waals surface area contributed by atoms with Crippen LogP contribution in [0.15, 0.2) is 6.33 Å². The van der Waals surface area contributed by atoms with Gasteiger partial charge in [0.05, 0.1) is 6.54 Å². The van der Waals surface area contributed by atoms with E-state index in [0.717, 1.165) is 0 Å². The topological polar surface area (TPSA) is 87.9 Å². The number of H-pyrrole nitrogens is 1. The summed E-state index contributed by atoms with van der Waals surface area (Å²) in [5.41, 5.74) is 5.58. The zero-order chi connectivity index (χ0) is 11.3. The number of nitrogens with zero attached hydrogens (tertiary/aromatic N) is 3. The first-order valence-corrected chi connectivity index (χ1v) is 4.93. The molecule has 0 saturated carbocycles. The van der Waals surface area contributed by atoms with Gasteiger partial charge in [-0.1, -0.05) is 0 Å². The molecule has 1 aromatic rings.